The molecule has 1 unspecified atom stereocenters. The Morgan fingerprint density at radius 1 is 0.540 bits per heavy atom. The highest BCUT2D eigenvalue weighted by atomic mass is 16.7. The van der Waals surface area contributed by atoms with Crippen molar-refractivity contribution in [2.24, 2.45) is 0 Å². The lowest BCUT2D eigenvalue weighted by atomic mass is 9.96. The smallest absolute Gasteiger partial charge is 0.187 e. The standard InChI is InChI=1S/C40H46O10/c41-21-33-36(35(43)32(42)26-45-33)50-40-39(48-25-31-19-11-4-12-20-31)38(47-24-30-17-9-3-10-18-30)37(46-23-29-15-7-2-8-16-29)34(49-40)27-44-22-28-13-5-1-6-14-28/h1-20,32-43H,21-27H2/t32-,33+,34+,35+,36+,37-,38-,39+,40?/m0/s1. The van der Waals surface area contributed by atoms with Crippen LogP contribution in [0.15, 0.2) is 121 Å². The summed E-state index contributed by atoms with van der Waals surface area (Å²) in [4.78, 5) is 0. The van der Waals surface area contributed by atoms with Gasteiger partial charge in [-0.15, -0.1) is 0 Å². The second kappa shape index (κ2) is 18.6. The van der Waals surface area contributed by atoms with Crippen LogP contribution >= 0.6 is 0 Å². The van der Waals surface area contributed by atoms with Crippen molar-refractivity contribution in [3.63, 3.8) is 0 Å². The molecule has 2 saturated heterocycles. The molecule has 0 aliphatic carbocycles. The quantitative estimate of drug-likeness (QED) is 0.158. The number of aliphatic hydroxyl groups is 3. The van der Waals surface area contributed by atoms with Crippen LogP contribution in [0.1, 0.15) is 22.3 Å². The van der Waals surface area contributed by atoms with Gasteiger partial charge in [0, 0.05) is 0 Å². The fraction of sp³-hybridized carbons (Fsp3) is 0.400. The first-order valence-electron chi connectivity index (χ1n) is 17.1. The van der Waals surface area contributed by atoms with E-state index in [0.29, 0.717) is 6.61 Å². The number of hydrogen-bond donors (Lipinski definition) is 3. The molecule has 4 aromatic carbocycles. The van der Waals surface area contributed by atoms with E-state index < -0.39 is 61.7 Å². The maximum Gasteiger partial charge on any atom is 0.187 e. The van der Waals surface area contributed by atoms with E-state index in [1.165, 1.54) is 0 Å². The van der Waals surface area contributed by atoms with E-state index >= 15 is 0 Å². The van der Waals surface area contributed by atoms with Crippen molar-refractivity contribution in [1.29, 1.82) is 0 Å². The zero-order valence-corrected chi connectivity index (χ0v) is 27.9. The van der Waals surface area contributed by atoms with Gasteiger partial charge in [0.1, 0.15) is 48.8 Å². The topological polar surface area (TPSA) is 125 Å². The van der Waals surface area contributed by atoms with Gasteiger partial charge in [0.05, 0.1) is 46.2 Å². The van der Waals surface area contributed by atoms with Crippen molar-refractivity contribution in [3.8, 4) is 0 Å². The highest BCUT2D eigenvalue weighted by molar-refractivity contribution is 5.16. The molecule has 0 bridgehead atoms. The van der Waals surface area contributed by atoms with Gasteiger partial charge >= 0.3 is 0 Å². The Kier molecular flexibility index (Phi) is 13.5. The summed E-state index contributed by atoms with van der Waals surface area (Å²) in [5.41, 5.74) is 3.85. The molecule has 0 radical (unpaired) electrons. The molecule has 266 valence electrons. The lowest BCUT2D eigenvalue weighted by Crippen LogP contribution is -2.64. The van der Waals surface area contributed by atoms with Gasteiger partial charge in [-0.25, -0.2) is 0 Å². The predicted octanol–water partition coefficient (Wildman–Crippen LogP) is 4.18. The molecule has 10 nitrogen and oxygen atoms in total. The SMILES string of the molecule is OC[C@H]1OC[C@H](O)[C@@H](O)[C@@H]1OC1O[C@H](COCc2ccccc2)[C@H](OCc2ccccc2)[C@H](OCc2ccccc2)[C@H]1OCc1ccccc1. The van der Waals surface area contributed by atoms with Gasteiger partial charge in [-0.3, -0.25) is 0 Å². The summed E-state index contributed by atoms with van der Waals surface area (Å²) < 4.78 is 45.0. The van der Waals surface area contributed by atoms with Gasteiger partial charge in [0.25, 0.3) is 0 Å². The van der Waals surface area contributed by atoms with E-state index in [2.05, 4.69) is 0 Å². The Morgan fingerprint density at radius 3 is 1.50 bits per heavy atom. The average molecular weight is 687 g/mol. The molecule has 0 amide bonds. The van der Waals surface area contributed by atoms with Gasteiger partial charge < -0.3 is 48.5 Å². The second-order valence-corrected chi connectivity index (χ2v) is 12.5. The molecule has 9 atom stereocenters. The summed E-state index contributed by atoms with van der Waals surface area (Å²) in [5.74, 6) is 0. The molecule has 2 heterocycles. The summed E-state index contributed by atoms with van der Waals surface area (Å²) in [5, 5.41) is 31.7. The number of benzene rings is 4. The van der Waals surface area contributed by atoms with Crippen LogP contribution in [-0.2, 0) is 59.6 Å². The van der Waals surface area contributed by atoms with E-state index in [4.69, 9.17) is 33.2 Å². The summed E-state index contributed by atoms with van der Waals surface area (Å²) in [6.07, 6.45) is -8.74. The van der Waals surface area contributed by atoms with Gasteiger partial charge in [-0.2, -0.15) is 0 Å². The summed E-state index contributed by atoms with van der Waals surface area (Å²) in [6.45, 7) is 0.627. The molecule has 0 aromatic heterocycles. The van der Waals surface area contributed by atoms with Gasteiger partial charge in [0.15, 0.2) is 6.29 Å². The highest BCUT2D eigenvalue weighted by Crippen LogP contribution is 2.34. The van der Waals surface area contributed by atoms with E-state index in [-0.39, 0.29) is 33.0 Å². The molecule has 0 saturated carbocycles. The number of rotatable bonds is 16. The first-order valence-corrected chi connectivity index (χ1v) is 17.1. The molecular formula is C40H46O10. The van der Waals surface area contributed by atoms with Crippen molar-refractivity contribution in [2.75, 3.05) is 19.8 Å². The monoisotopic (exact) mass is 686 g/mol. The number of aliphatic hydroxyl groups excluding tert-OH is 3. The normalized spacial score (nSPS) is 28.3. The van der Waals surface area contributed by atoms with Crippen LogP contribution in [0.25, 0.3) is 0 Å². The number of hydrogen-bond acceptors (Lipinski definition) is 10. The summed E-state index contributed by atoms with van der Waals surface area (Å²) in [6, 6.07) is 39.2. The molecule has 2 fully saturated rings. The number of ether oxygens (including phenoxy) is 7. The molecule has 6 rings (SSSR count). The van der Waals surface area contributed by atoms with Gasteiger partial charge in [0.2, 0.25) is 0 Å². The van der Waals surface area contributed by atoms with Crippen LogP contribution < -0.4 is 0 Å². The van der Waals surface area contributed by atoms with Crippen molar-refractivity contribution >= 4 is 0 Å². The van der Waals surface area contributed by atoms with E-state index in [1.54, 1.807) is 0 Å². The van der Waals surface area contributed by atoms with Crippen LogP contribution in [-0.4, -0.2) is 90.3 Å². The zero-order valence-electron chi connectivity index (χ0n) is 27.9. The zero-order chi connectivity index (χ0) is 34.5. The minimum Gasteiger partial charge on any atom is -0.394 e. The minimum atomic E-state index is -1.34. The first kappa shape index (κ1) is 36.3. The van der Waals surface area contributed by atoms with Crippen LogP contribution in [0, 0.1) is 0 Å². The Balaban J connectivity index is 1.33. The van der Waals surface area contributed by atoms with Crippen molar-refractivity contribution in [3.05, 3.63) is 144 Å². The minimum absolute atomic E-state index is 0.126. The highest BCUT2D eigenvalue weighted by Gasteiger charge is 2.51. The van der Waals surface area contributed by atoms with E-state index in [0.717, 1.165) is 22.3 Å². The second-order valence-electron chi connectivity index (χ2n) is 12.5. The molecule has 0 spiro atoms. The summed E-state index contributed by atoms with van der Waals surface area (Å²) in [7, 11) is 0. The lowest BCUT2D eigenvalue weighted by molar-refractivity contribution is -0.354. The molecule has 4 aromatic rings. The van der Waals surface area contributed by atoms with Gasteiger partial charge in [-0.05, 0) is 22.3 Å². The Labute approximate surface area is 293 Å². The average Bonchev–Trinajstić information content (AvgIpc) is 3.16. The van der Waals surface area contributed by atoms with Crippen LogP contribution in [0.5, 0.6) is 0 Å². The van der Waals surface area contributed by atoms with E-state index in [9.17, 15) is 15.3 Å². The third-order valence-electron chi connectivity index (χ3n) is 8.89. The van der Waals surface area contributed by atoms with Crippen LogP contribution in [0.3, 0.4) is 0 Å². The largest absolute Gasteiger partial charge is 0.394 e. The molecular weight excluding hydrogens is 640 g/mol. The van der Waals surface area contributed by atoms with Gasteiger partial charge in [-0.1, -0.05) is 121 Å². The maximum atomic E-state index is 11.0. The molecule has 2 aliphatic heterocycles. The van der Waals surface area contributed by atoms with E-state index in [1.807, 2.05) is 121 Å². The van der Waals surface area contributed by atoms with Crippen molar-refractivity contribution in [1.82, 2.24) is 0 Å². The lowest BCUT2D eigenvalue weighted by Gasteiger charge is -2.48. The fourth-order valence-electron chi connectivity index (χ4n) is 6.19. The van der Waals surface area contributed by atoms with Crippen LogP contribution in [0.4, 0.5) is 0 Å². The molecule has 50 heavy (non-hydrogen) atoms. The molecule has 3 N–H and O–H groups in total. The Morgan fingerprint density at radius 2 is 1.00 bits per heavy atom. The predicted molar refractivity (Wildman–Crippen MR) is 184 cm³/mol. The van der Waals surface area contributed by atoms with Crippen molar-refractivity contribution < 1.29 is 48.5 Å². The Bertz CT molecular complexity index is 1510. The fourth-order valence-corrected chi connectivity index (χ4v) is 6.19. The molecule has 2 aliphatic rings. The Hall–Kier alpha value is -3.52. The summed E-state index contributed by atoms with van der Waals surface area (Å²) >= 11 is 0. The molecule has 10 heteroatoms. The van der Waals surface area contributed by atoms with Crippen LogP contribution in [0.2, 0.25) is 0 Å². The third kappa shape index (κ3) is 9.83. The maximum absolute atomic E-state index is 11.0. The third-order valence-corrected chi connectivity index (χ3v) is 8.89. The van der Waals surface area contributed by atoms with Crippen molar-refractivity contribution in [2.45, 2.75) is 81.5 Å². The first-order chi connectivity index (χ1) is 24.6.